The summed E-state index contributed by atoms with van der Waals surface area (Å²) in [5.74, 6) is 1.09. The average molecular weight is 420 g/mol. The van der Waals surface area contributed by atoms with Gasteiger partial charge >= 0.3 is 0 Å². The first-order valence-corrected chi connectivity index (χ1v) is 11.3. The van der Waals surface area contributed by atoms with E-state index in [1.165, 1.54) is 10.6 Å². The number of anilines is 1. The van der Waals surface area contributed by atoms with Crippen LogP contribution in [-0.4, -0.2) is 73.8 Å². The number of rotatable bonds is 2. The van der Waals surface area contributed by atoms with E-state index < -0.39 is 10.0 Å². The Balaban J connectivity index is 1.63. The first kappa shape index (κ1) is 19.9. The molecule has 1 atom stereocenters. The second kappa shape index (κ2) is 7.43. The summed E-state index contributed by atoms with van der Waals surface area (Å²) >= 11 is 0. The number of nitrogens with one attached hydrogen (secondary N) is 1. The number of carbonyl (C=O) groups excluding carboxylic acids is 1. The lowest BCUT2D eigenvalue weighted by Gasteiger charge is -2.39. The van der Waals surface area contributed by atoms with Crippen LogP contribution in [0.4, 0.5) is 5.69 Å². The van der Waals surface area contributed by atoms with E-state index in [1.54, 1.807) is 0 Å². The quantitative estimate of drug-likeness (QED) is 0.779. The molecule has 29 heavy (non-hydrogen) atoms. The van der Waals surface area contributed by atoms with Crippen LogP contribution in [-0.2, 0) is 14.8 Å². The van der Waals surface area contributed by atoms with E-state index in [0.717, 1.165) is 16.8 Å². The smallest absolute Gasteiger partial charge is 0.238 e. The topological polar surface area (TPSA) is 105 Å². The minimum atomic E-state index is -3.28. The van der Waals surface area contributed by atoms with Gasteiger partial charge < -0.3 is 14.6 Å². The van der Waals surface area contributed by atoms with Gasteiger partial charge in [-0.15, -0.1) is 0 Å². The molecule has 0 saturated carbocycles. The van der Waals surface area contributed by atoms with Crippen LogP contribution in [0.1, 0.15) is 11.5 Å². The zero-order valence-electron chi connectivity index (χ0n) is 16.6. The molecule has 0 bridgehead atoms. The van der Waals surface area contributed by atoms with Gasteiger partial charge in [0.25, 0.3) is 0 Å². The number of nitrogens with zero attached hydrogens (tertiary/aromatic N) is 3. The molecule has 0 unspecified atom stereocenters. The Kier molecular flexibility index (Phi) is 5.09. The molecule has 0 aliphatic carbocycles. The van der Waals surface area contributed by atoms with Crippen molar-refractivity contribution in [1.29, 1.82) is 0 Å². The Hall–Kier alpha value is -2.43. The van der Waals surface area contributed by atoms with E-state index in [1.807, 2.05) is 36.9 Å². The second-order valence-corrected chi connectivity index (χ2v) is 9.50. The maximum atomic E-state index is 12.6. The molecule has 0 radical (unpaired) electrons. The highest BCUT2D eigenvalue weighted by molar-refractivity contribution is 7.88. The summed E-state index contributed by atoms with van der Waals surface area (Å²) < 4.78 is 36.5. The number of aromatic nitrogens is 1. The molecule has 1 aromatic heterocycles. The highest BCUT2D eigenvalue weighted by atomic mass is 32.2. The number of hydrogen-bond donors (Lipinski definition) is 1. The van der Waals surface area contributed by atoms with Crippen LogP contribution >= 0.6 is 0 Å². The first-order valence-electron chi connectivity index (χ1n) is 9.41. The van der Waals surface area contributed by atoms with Crippen LogP contribution in [0.2, 0.25) is 0 Å². The molecule has 4 rings (SSSR count). The van der Waals surface area contributed by atoms with Crippen molar-refractivity contribution < 1.29 is 22.5 Å². The number of sulfonamides is 1. The number of benzene rings is 1. The standard InChI is InChI=1S/C19H24N4O5S/c1-12-19(13(2)28-21-12)14-4-5-17-16(8-14)20-18(24)10-22-6-7-23(29(3,25)26)9-15(22)11-27-17/h4-5,8,15H,6-7,9-11H2,1-3H3,(H,20,24)/t15-/m1/s1. The molecular formula is C19H24N4O5S. The van der Waals surface area contributed by atoms with Crippen molar-refractivity contribution in [2.24, 2.45) is 0 Å². The van der Waals surface area contributed by atoms with Crippen LogP contribution in [0.3, 0.4) is 0 Å². The van der Waals surface area contributed by atoms with E-state index in [2.05, 4.69) is 10.5 Å². The minimum absolute atomic E-state index is 0.162. The highest BCUT2D eigenvalue weighted by Gasteiger charge is 2.33. The molecule has 156 valence electrons. The maximum absolute atomic E-state index is 12.6. The third kappa shape index (κ3) is 4.00. The van der Waals surface area contributed by atoms with E-state index in [0.29, 0.717) is 43.4 Å². The number of piperazine rings is 1. The van der Waals surface area contributed by atoms with E-state index >= 15 is 0 Å². The van der Waals surface area contributed by atoms with Crippen molar-refractivity contribution in [3.05, 3.63) is 29.7 Å². The second-order valence-electron chi connectivity index (χ2n) is 7.51. The Morgan fingerprint density at radius 3 is 2.72 bits per heavy atom. The van der Waals surface area contributed by atoms with Crippen LogP contribution in [0.15, 0.2) is 22.7 Å². The molecule has 3 heterocycles. The first-order chi connectivity index (χ1) is 13.7. The van der Waals surface area contributed by atoms with Crippen LogP contribution < -0.4 is 10.1 Å². The fourth-order valence-electron chi connectivity index (χ4n) is 3.90. The van der Waals surface area contributed by atoms with Crippen molar-refractivity contribution in [2.45, 2.75) is 19.9 Å². The molecule has 1 fully saturated rings. The lowest BCUT2D eigenvalue weighted by atomic mass is 10.0. The van der Waals surface area contributed by atoms with E-state index in [9.17, 15) is 13.2 Å². The van der Waals surface area contributed by atoms with Crippen molar-refractivity contribution in [3.8, 4) is 16.9 Å². The van der Waals surface area contributed by atoms with Crippen LogP contribution in [0.5, 0.6) is 5.75 Å². The molecule has 0 spiro atoms. The summed E-state index contributed by atoms with van der Waals surface area (Å²) in [6.45, 7) is 5.34. The Bertz CT molecular complexity index is 1030. The summed E-state index contributed by atoms with van der Waals surface area (Å²) in [6, 6.07) is 5.37. The normalized spacial score (nSPS) is 21.2. The summed E-state index contributed by atoms with van der Waals surface area (Å²) in [7, 11) is -3.28. The minimum Gasteiger partial charge on any atom is -0.490 e. The third-order valence-electron chi connectivity index (χ3n) is 5.39. The third-order valence-corrected chi connectivity index (χ3v) is 6.66. The predicted octanol–water partition coefficient (Wildman–Crippen LogP) is 1.24. The predicted molar refractivity (Wildman–Crippen MR) is 107 cm³/mol. The summed E-state index contributed by atoms with van der Waals surface area (Å²) in [5.41, 5.74) is 3.12. The Morgan fingerprint density at radius 2 is 2.03 bits per heavy atom. The van der Waals surface area contributed by atoms with Gasteiger partial charge in [-0.25, -0.2) is 8.42 Å². The fourth-order valence-corrected chi connectivity index (χ4v) is 4.75. The van der Waals surface area contributed by atoms with Gasteiger partial charge in [-0.3, -0.25) is 9.69 Å². The van der Waals surface area contributed by atoms with Gasteiger partial charge in [-0.05, 0) is 31.5 Å². The van der Waals surface area contributed by atoms with Gasteiger partial charge in [0.2, 0.25) is 15.9 Å². The zero-order chi connectivity index (χ0) is 20.8. The lowest BCUT2D eigenvalue weighted by molar-refractivity contribution is -0.118. The van der Waals surface area contributed by atoms with Gasteiger partial charge in [0.05, 0.1) is 30.2 Å². The molecule has 9 nitrogen and oxygen atoms in total. The van der Waals surface area contributed by atoms with Crippen molar-refractivity contribution in [1.82, 2.24) is 14.4 Å². The lowest BCUT2D eigenvalue weighted by Crippen LogP contribution is -2.57. The number of aryl methyl sites for hydroxylation is 2. The number of carbonyl (C=O) groups is 1. The summed E-state index contributed by atoms with van der Waals surface area (Å²) in [4.78, 5) is 14.6. The molecule has 1 saturated heterocycles. The highest BCUT2D eigenvalue weighted by Crippen LogP contribution is 2.34. The average Bonchev–Trinajstić information content (AvgIpc) is 3.01. The number of ether oxygens (including phenoxy) is 1. The molecule has 1 N–H and O–H groups in total. The van der Waals surface area contributed by atoms with E-state index in [-0.39, 0.29) is 18.5 Å². The molecule has 2 aliphatic heterocycles. The van der Waals surface area contributed by atoms with Crippen LogP contribution in [0, 0.1) is 13.8 Å². The monoisotopic (exact) mass is 420 g/mol. The van der Waals surface area contributed by atoms with Gasteiger partial charge in [0, 0.05) is 25.2 Å². The molecule has 2 aromatic rings. The zero-order valence-corrected chi connectivity index (χ0v) is 17.5. The van der Waals surface area contributed by atoms with Gasteiger partial charge in [-0.2, -0.15) is 4.31 Å². The number of amides is 1. The van der Waals surface area contributed by atoms with Crippen molar-refractivity contribution in [2.75, 3.05) is 44.4 Å². The number of hydrogen-bond acceptors (Lipinski definition) is 7. The summed E-state index contributed by atoms with van der Waals surface area (Å²) in [5, 5.41) is 6.92. The van der Waals surface area contributed by atoms with Crippen LogP contribution in [0.25, 0.3) is 11.1 Å². The fraction of sp³-hybridized carbons (Fsp3) is 0.474. The maximum Gasteiger partial charge on any atom is 0.238 e. The van der Waals surface area contributed by atoms with E-state index in [4.69, 9.17) is 9.26 Å². The summed E-state index contributed by atoms with van der Waals surface area (Å²) in [6.07, 6.45) is 1.21. The SMILES string of the molecule is Cc1noc(C)c1-c1ccc2c(c1)NC(=O)CN1CCN(S(C)(=O)=O)C[C@@H]1CO2. The molecule has 10 heteroatoms. The van der Waals surface area contributed by atoms with Gasteiger partial charge in [0.1, 0.15) is 18.1 Å². The van der Waals surface area contributed by atoms with Gasteiger partial charge in [-0.1, -0.05) is 11.2 Å². The largest absolute Gasteiger partial charge is 0.490 e. The molecular weight excluding hydrogens is 396 g/mol. The Labute approximate surface area is 169 Å². The molecule has 1 amide bonds. The Morgan fingerprint density at radius 1 is 1.24 bits per heavy atom. The van der Waals surface area contributed by atoms with Crippen molar-refractivity contribution in [3.63, 3.8) is 0 Å². The molecule has 2 aliphatic rings. The molecule has 1 aromatic carbocycles. The van der Waals surface area contributed by atoms with Crippen molar-refractivity contribution >= 4 is 21.6 Å². The number of fused-ring (bicyclic) bond motifs is 2. The van der Waals surface area contributed by atoms with Gasteiger partial charge in [0.15, 0.2) is 0 Å².